The topological polar surface area (TPSA) is 61.8 Å². The molecular formula is C10H21N3. The van der Waals surface area contributed by atoms with Crippen LogP contribution in [0.25, 0.3) is 0 Å². The first-order valence-electron chi connectivity index (χ1n) is 4.94. The van der Waals surface area contributed by atoms with E-state index in [0.29, 0.717) is 6.54 Å². The van der Waals surface area contributed by atoms with Crippen LogP contribution in [0.1, 0.15) is 33.1 Å². The quantitative estimate of drug-likeness (QED) is 0.584. The molecule has 0 saturated carbocycles. The summed E-state index contributed by atoms with van der Waals surface area (Å²) in [5, 5.41) is 12.0. The van der Waals surface area contributed by atoms with Gasteiger partial charge in [-0.15, -0.1) is 0 Å². The summed E-state index contributed by atoms with van der Waals surface area (Å²) in [7, 11) is 0. The molecule has 0 heterocycles. The molecule has 0 fully saturated rings. The Bertz CT molecular complexity index is 158. The van der Waals surface area contributed by atoms with Gasteiger partial charge in [0.1, 0.15) is 0 Å². The number of nitrogens with one attached hydrogen (secondary N) is 1. The van der Waals surface area contributed by atoms with Gasteiger partial charge in [-0.05, 0) is 33.2 Å². The van der Waals surface area contributed by atoms with Crippen LogP contribution in [-0.2, 0) is 0 Å². The number of rotatable bonds is 7. The lowest BCUT2D eigenvalue weighted by molar-refractivity contribution is 0.423. The van der Waals surface area contributed by atoms with Gasteiger partial charge >= 0.3 is 0 Å². The fourth-order valence-corrected chi connectivity index (χ4v) is 1.10. The largest absolute Gasteiger partial charge is 0.329 e. The predicted octanol–water partition coefficient (Wildman–Crippen LogP) is 1.25. The van der Waals surface area contributed by atoms with Crippen LogP contribution in [0.2, 0.25) is 0 Å². The van der Waals surface area contributed by atoms with E-state index in [9.17, 15) is 0 Å². The van der Waals surface area contributed by atoms with Gasteiger partial charge in [-0.1, -0.05) is 6.42 Å². The van der Waals surface area contributed by atoms with Gasteiger partial charge in [0, 0.05) is 13.1 Å². The lowest BCUT2D eigenvalue weighted by Crippen LogP contribution is -2.23. The van der Waals surface area contributed by atoms with Gasteiger partial charge in [-0.3, -0.25) is 0 Å². The van der Waals surface area contributed by atoms with E-state index in [-0.39, 0.29) is 5.41 Å². The Morgan fingerprint density at radius 3 is 2.54 bits per heavy atom. The van der Waals surface area contributed by atoms with E-state index in [4.69, 9.17) is 11.0 Å². The zero-order chi connectivity index (χ0) is 10.2. The van der Waals surface area contributed by atoms with Crippen molar-refractivity contribution < 1.29 is 0 Å². The second-order valence-corrected chi connectivity index (χ2v) is 3.99. The van der Waals surface area contributed by atoms with Crippen LogP contribution in [0.3, 0.4) is 0 Å². The van der Waals surface area contributed by atoms with Gasteiger partial charge in [-0.2, -0.15) is 5.26 Å². The molecule has 0 aromatic rings. The summed E-state index contributed by atoms with van der Waals surface area (Å²) in [6.07, 6.45) is 3.22. The minimum absolute atomic E-state index is 0.159. The van der Waals surface area contributed by atoms with Crippen LogP contribution in [0.4, 0.5) is 0 Å². The third-order valence-corrected chi connectivity index (χ3v) is 2.03. The van der Waals surface area contributed by atoms with E-state index < -0.39 is 0 Å². The molecule has 0 aromatic carbocycles. The van der Waals surface area contributed by atoms with Crippen molar-refractivity contribution in [3.8, 4) is 6.07 Å². The molecule has 0 aliphatic heterocycles. The number of hydrogen-bond acceptors (Lipinski definition) is 3. The van der Waals surface area contributed by atoms with Crippen LogP contribution < -0.4 is 11.1 Å². The molecule has 13 heavy (non-hydrogen) atoms. The Labute approximate surface area is 81.3 Å². The molecule has 0 rings (SSSR count). The molecule has 76 valence electrons. The fraction of sp³-hybridized carbons (Fsp3) is 0.900. The Morgan fingerprint density at radius 2 is 2.00 bits per heavy atom. The summed E-state index contributed by atoms with van der Waals surface area (Å²) in [5.41, 5.74) is 5.17. The summed E-state index contributed by atoms with van der Waals surface area (Å²) in [6, 6.07) is 2.30. The molecule has 3 nitrogen and oxygen atoms in total. The van der Waals surface area contributed by atoms with E-state index in [1.807, 2.05) is 13.8 Å². The van der Waals surface area contributed by atoms with Crippen LogP contribution in [0.15, 0.2) is 0 Å². The number of hydrogen-bond donors (Lipinski definition) is 2. The summed E-state index contributed by atoms with van der Waals surface area (Å²) < 4.78 is 0. The maximum Gasteiger partial charge on any atom is 0.0683 e. The van der Waals surface area contributed by atoms with Gasteiger partial charge in [0.2, 0.25) is 0 Å². The summed E-state index contributed by atoms with van der Waals surface area (Å²) in [4.78, 5) is 0. The predicted molar refractivity (Wildman–Crippen MR) is 55.2 cm³/mol. The standard InChI is InChI=1S/C10H21N3/c1-10(2,9-12)5-3-4-7-13-8-6-11/h13H,3-8,11H2,1-2H3. The highest BCUT2D eigenvalue weighted by molar-refractivity contribution is 4.91. The van der Waals surface area contributed by atoms with Crippen LogP contribution in [0.5, 0.6) is 0 Å². The minimum Gasteiger partial charge on any atom is -0.329 e. The lowest BCUT2D eigenvalue weighted by atomic mass is 9.89. The van der Waals surface area contributed by atoms with Crippen molar-refractivity contribution in [3.63, 3.8) is 0 Å². The van der Waals surface area contributed by atoms with Gasteiger partial charge in [-0.25, -0.2) is 0 Å². The summed E-state index contributed by atoms with van der Waals surface area (Å²) in [6.45, 7) is 6.57. The molecule has 0 aliphatic rings. The highest BCUT2D eigenvalue weighted by Crippen LogP contribution is 2.21. The molecule has 3 heteroatoms. The molecule has 0 aliphatic carbocycles. The van der Waals surface area contributed by atoms with Crippen molar-refractivity contribution in [1.29, 1.82) is 5.26 Å². The second-order valence-electron chi connectivity index (χ2n) is 3.99. The first-order valence-corrected chi connectivity index (χ1v) is 4.94. The monoisotopic (exact) mass is 183 g/mol. The van der Waals surface area contributed by atoms with Crippen molar-refractivity contribution in [2.45, 2.75) is 33.1 Å². The van der Waals surface area contributed by atoms with Crippen LogP contribution >= 0.6 is 0 Å². The number of nitriles is 1. The molecule has 0 amide bonds. The Balaban J connectivity index is 3.22. The first kappa shape index (κ1) is 12.4. The average molecular weight is 183 g/mol. The second kappa shape index (κ2) is 6.88. The molecule has 0 unspecified atom stereocenters. The SMILES string of the molecule is CC(C)(C#N)CCCCNCCN. The Morgan fingerprint density at radius 1 is 1.31 bits per heavy atom. The number of unbranched alkanes of at least 4 members (excludes halogenated alkanes) is 1. The van der Waals surface area contributed by atoms with E-state index in [1.54, 1.807) is 0 Å². The van der Waals surface area contributed by atoms with Crippen molar-refractivity contribution in [1.82, 2.24) is 5.32 Å². The van der Waals surface area contributed by atoms with E-state index in [2.05, 4.69) is 11.4 Å². The number of nitrogens with two attached hydrogens (primary N) is 1. The molecule has 3 N–H and O–H groups in total. The molecule has 0 saturated heterocycles. The average Bonchev–Trinajstić information content (AvgIpc) is 2.11. The van der Waals surface area contributed by atoms with Crippen molar-refractivity contribution in [3.05, 3.63) is 0 Å². The molecular weight excluding hydrogens is 162 g/mol. The maximum atomic E-state index is 8.75. The fourth-order valence-electron chi connectivity index (χ4n) is 1.10. The zero-order valence-electron chi connectivity index (χ0n) is 8.77. The van der Waals surface area contributed by atoms with Gasteiger partial charge in [0.05, 0.1) is 11.5 Å². The van der Waals surface area contributed by atoms with E-state index in [1.165, 1.54) is 0 Å². The minimum atomic E-state index is -0.159. The lowest BCUT2D eigenvalue weighted by Gasteiger charge is -2.14. The molecule has 0 bridgehead atoms. The third-order valence-electron chi connectivity index (χ3n) is 2.03. The van der Waals surface area contributed by atoms with Crippen molar-refractivity contribution in [2.24, 2.45) is 11.1 Å². The third kappa shape index (κ3) is 7.76. The van der Waals surface area contributed by atoms with Crippen molar-refractivity contribution >= 4 is 0 Å². The van der Waals surface area contributed by atoms with Gasteiger partial charge < -0.3 is 11.1 Å². The highest BCUT2D eigenvalue weighted by atomic mass is 14.9. The highest BCUT2D eigenvalue weighted by Gasteiger charge is 2.14. The maximum absolute atomic E-state index is 8.75. The smallest absolute Gasteiger partial charge is 0.0683 e. The normalized spacial score (nSPS) is 11.2. The molecule has 0 spiro atoms. The Hall–Kier alpha value is -0.590. The van der Waals surface area contributed by atoms with Crippen LogP contribution in [0, 0.1) is 16.7 Å². The molecule has 0 radical (unpaired) electrons. The van der Waals surface area contributed by atoms with Gasteiger partial charge in [0.25, 0.3) is 0 Å². The molecule has 0 atom stereocenters. The first-order chi connectivity index (χ1) is 6.12. The molecule has 0 aromatic heterocycles. The number of nitrogens with zero attached hydrogens (tertiary/aromatic N) is 1. The van der Waals surface area contributed by atoms with Gasteiger partial charge in [0.15, 0.2) is 0 Å². The summed E-state index contributed by atoms with van der Waals surface area (Å²) >= 11 is 0. The van der Waals surface area contributed by atoms with Crippen LogP contribution in [-0.4, -0.2) is 19.6 Å². The van der Waals surface area contributed by atoms with E-state index in [0.717, 1.165) is 32.4 Å². The summed E-state index contributed by atoms with van der Waals surface area (Å²) in [5.74, 6) is 0. The van der Waals surface area contributed by atoms with E-state index >= 15 is 0 Å². The zero-order valence-corrected chi connectivity index (χ0v) is 8.77. The van der Waals surface area contributed by atoms with Crippen molar-refractivity contribution in [2.75, 3.05) is 19.6 Å². The Kier molecular flexibility index (Phi) is 6.56.